The van der Waals surface area contributed by atoms with Crippen LogP contribution in [0.25, 0.3) is 0 Å². The van der Waals surface area contributed by atoms with Gasteiger partial charge in [0.2, 0.25) is 0 Å². The topological polar surface area (TPSA) is 17.0 Å². The molecule has 92 valence electrons. The van der Waals surface area contributed by atoms with Gasteiger partial charge in [-0.3, -0.25) is 0 Å². The highest BCUT2D eigenvalue weighted by atomic mass is 15.0. The molecule has 16 heavy (non-hydrogen) atoms. The molecule has 1 aromatic heterocycles. The third kappa shape index (κ3) is 4.40. The van der Waals surface area contributed by atoms with Crippen LogP contribution in [0, 0.1) is 0 Å². The smallest absolute Gasteiger partial charge is 0.0361 e. The van der Waals surface area contributed by atoms with Gasteiger partial charge in [-0.2, -0.15) is 0 Å². The van der Waals surface area contributed by atoms with Gasteiger partial charge in [0.1, 0.15) is 0 Å². The summed E-state index contributed by atoms with van der Waals surface area (Å²) in [5.74, 6) is 0. The summed E-state index contributed by atoms with van der Waals surface area (Å²) in [5.41, 5.74) is 1.41. The van der Waals surface area contributed by atoms with Crippen molar-refractivity contribution in [1.82, 2.24) is 9.88 Å². The molecule has 0 spiro atoms. The highest BCUT2D eigenvalue weighted by Gasteiger charge is 2.03. The van der Waals surface area contributed by atoms with Gasteiger partial charge in [-0.15, -0.1) is 0 Å². The van der Waals surface area contributed by atoms with E-state index < -0.39 is 0 Å². The summed E-state index contributed by atoms with van der Waals surface area (Å²) in [4.78, 5) is 0. The van der Waals surface area contributed by atoms with Crippen molar-refractivity contribution < 1.29 is 0 Å². The summed E-state index contributed by atoms with van der Waals surface area (Å²) in [7, 11) is 0. The van der Waals surface area contributed by atoms with Gasteiger partial charge in [0, 0.05) is 31.0 Å². The Hall–Kier alpha value is -0.760. The predicted molar refractivity (Wildman–Crippen MR) is 70.5 cm³/mol. The molecule has 0 bridgehead atoms. The number of unbranched alkanes of at least 4 members (excludes halogenated alkanes) is 1. The van der Waals surface area contributed by atoms with Gasteiger partial charge in [-0.05, 0) is 31.9 Å². The molecule has 0 aliphatic heterocycles. The SMILES string of the molecule is CCCCC(C)NCc1cccn1CCC. The fourth-order valence-electron chi connectivity index (χ4n) is 1.96. The van der Waals surface area contributed by atoms with Crippen molar-refractivity contribution in [3.05, 3.63) is 24.0 Å². The van der Waals surface area contributed by atoms with E-state index in [0.717, 1.165) is 13.1 Å². The molecule has 1 rings (SSSR count). The van der Waals surface area contributed by atoms with Crippen LogP contribution in [0.1, 0.15) is 52.1 Å². The summed E-state index contributed by atoms with van der Waals surface area (Å²) in [6.45, 7) is 8.88. The molecule has 0 aromatic carbocycles. The Morgan fingerprint density at radius 2 is 2.12 bits per heavy atom. The molecule has 0 amide bonds. The summed E-state index contributed by atoms with van der Waals surface area (Å²) < 4.78 is 2.35. The molecule has 1 atom stereocenters. The number of aromatic nitrogens is 1. The highest BCUT2D eigenvalue weighted by Crippen LogP contribution is 2.05. The van der Waals surface area contributed by atoms with Gasteiger partial charge < -0.3 is 9.88 Å². The Balaban J connectivity index is 2.32. The summed E-state index contributed by atoms with van der Waals surface area (Å²) >= 11 is 0. The van der Waals surface area contributed by atoms with Crippen LogP contribution in [-0.2, 0) is 13.1 Å². The largest absolute Gasteiger partial charge is 0.350 e. The number of aryl methyl sites for hydroxylation is 1. The molecule has 1 unspecified atom stereocenters. The predicted octanol–water partition coefficient (Wildman–Crippen LogP) is 3.57. The molecule has 2 nitrogen and oxygen atoms in total. The molecule has 2 heteroatoms. The van der Waals surface area contributed by atoms with Crippen molar-refractivity contribution >= 4 is 0 Å². The second-order valence-corrected chi connectivity index (χ2v) is 4.62. The van der Waals surface area contributed by atoms with Gasteiger partial charge in [0.15, 0.2) is 0 Å². The van der Waals surface area contributed by atoms with Gasteiger partial charge in [0.05, 0.1) is 0 Å². The van der Waals surface area contributed by atoms with Crippen molar-refractivity contribution in [3.8, 4) is 0 Å². The molecule has 0 radical (unpaired) electrons. The van der Waals surface area contributed by atoms with Gasteiger partial charge in [0.25, 0.3) is 0 Å². The monoisotopic (exact) mass is 222 g/mol. The van der Waals surface area contributed by atoms with E-state index in [9.17, 15) is 0 Å². The van der Waals surface area contributed by atoms with Gasteiger partial charge in [-0.25, -0.2) is 0 Å². The fraction of sp³-hybridized carbons (Fsp3) is 0.714. The number of nitrogens with one attached hydrogen (secondary N) is 1. The van der Waals surface area contributed by atoms with E-state index in [4.69, 9.17) is 0 Å². The molecule has 0 aliphatic carbocycles. The Morgan fingerprint density at radius 1 is 1.31 bits per heavy atom. The zero-order valence-electron chi connectivity index (χ0n) is 11.0. The average molecular weight is 222 g/mol. The Bertz CT molecular complexity index is 278. The number of hydrogen-bond donors (Lipinski definition) is 1. The van der Waals surface area contributed by atoms with E-state index in [-0.39, 0.29) is 0 Å². The molecule has 0 saturated heterocycles. The lowest BCUT2D eigenvalue weighted by Crippen LogP contribution is -2.26. The van der Waals surface area contributed by atoms with Crippen molar-refractivity contribution in [2.45, 2.75) is 65.6 Å². The molecule has 0 saturated carbocycles. The van der Waals surface area contributed by atoms with Crippen LogP contribution in [0.5, 0.6) is 0 Å². The van der Waals surface area contributed by atoms with E-state index in [1.807, 2.05) is 0 Å². The molecule has 0 fully saturated rings. The third-order valence-electron chi connectivity index (χ3n) is 3.01. The van der Waals surface area contributed by atoms with Crippen LogP contribution in [0.2, 0.25) is 0 Å². The van der Waals surface area contributed by atoms with Gasteiger partial charge in [-0.1, -0.05) is 26.7 Å². The first-order valence-electron chi connectivity index (χ1n) is 6.65. The first-order chi connectivity index (χ1) is 7.77. The third-order valence-corrected chi connectivity index (χ3v) is 3.01. The zero-order chi connectivity index (χ0) is 11.8. The fourth-order valence-corrected chi connectivity index (χ4v) is 1.96. The maximum Gasteiger partial charge on any atom is 0.0361 e. The van der Waals surface area contributed by atoms with Crippen molar-refractivity contribution in [2.75, 3.05) is 0 Å². The molecular weight excluding hydrogens is 196 g/mol. The van der Waals surface area contributed by atoms with Crippen LogP contribution in [-0.4, -0.2) is 10.6 Å². The zero-order valence-corrected chi connectivity index (χ0v) is 11.0. The van der Waals surface area contributed by atoms with E-state index in [2.05, 4.69) is 49.0 Å². The van der Waals surface area contributed by atoms with Crippen LogP contribution in [0.3, 0.4) is 0 Å². The van der Waals surface area contributed by atoms with Crippen LogP contribution in [0.15, 0.2) is 18.3 Å². The van der Waals surface area contributed by atoms with Crippen molar-refractivity contribution in [3.63, 3.8) is 0 Å². The summed E-state index contributed by atoms with van der Waals surface area (Å²) in [6, 6.07) is 4.99. The highest BCUT2D eigenvalue weighted by molar-refractivity contribution is 5.06. The number of hydrogen-bond acceptors (Lipinski definition) is 1. The first-order valence-corrected chi connectivity index (χ1v) is 6.65. The minimum Gasteiger partial charge on any atom is -0.350 e. The number of nitrogens with zero attached hydrogens (tertiary/aromatic N) is 1. The molecule has 1 N–H and O–H groups in total. The van der Waals surface area contributed by atoms with Crippen molar-refractivity contribution in [1.29, 1.82) is 0 Å². The van der Waals surface area contributed by atoms with Crippen LogP contribution < -0.4 is 5.32 Å². The summed E-state index contributed by atoms with van der Waals surface area (Å²) in [5, 5.41) is 3.60. The van der Waals surface area contributed by atoms with Crippen LogP contribution in [0.4, 0.5) is 0 Å². The number of rotatable bonds is 8. The minimum absolute atomic E-state index is 0.630. The lowest BCUT2D eigenvalue weighted by Gasteiger charge is -2.14. The van der Waals surface area contributed by atoms with E-state index in [1.165, 1.54) is 31.4 Å². The van der Waals surface area contributed by atoms with Crippen molar-refractivity contribution in [2.24, 2.45) is 0 Å². The maximum atomic E-state index is 3.60. The minimum atomic E-state index is 0.630. The van der Waals surface area contributed by atoms with Crippen LogP contribution >= 0.6 is 0 Å². The molecular formula is C14H26N2. The quantitative estimate of drug-likeness (QED) is 0.711. The standard InChI is InChI=1S/C14H26N2/c1-4-6-8-13(3)15-12-14-9-7-11-16(14)10-5-2/h7,9,11,13,15H,4-6,8,10,12H2,1-3H3. The Morgan fingerprint density at radius 3 is 2.81 bits per heavy atom. The Labute approximate surface area is 100 Å². The second-order valence-electron chi connectivity index (χ2n) is 4.62. The first kappa shape index (κ1) is 13.3. The van der Waals surface area contributed by atoms with Gasteiger partial charge >= 0.3 is 0 Å². The van der Waals surface area contributed by atoms with E-state index in [1.54, 1.807) is 0 Å². The van der Waals surface area contributed by atoms with E-state index in [0.29, 0.717) is 6.04 Å². The molecule has 1 heterocycles. The lowest BCUT2D eigenvalue weighted by molar-refractivity contribution is 0.482. The Kier molecular flexibility index (Phi) is 6.24. The summed E-state index contributed by atoms with van der Waals surface area (Å²) in [6.07, 6.45) is 7.28. The molecule has 0 aliphatic rings. The second kappa shape index (κ2) is 7.50. The maximum absolute atomic E-state index is 3.60. The van der Waals surface area contributed by atoms with E-state index >= 15 is 0 Å². The molecule has 1 aromatic rings. The average Bonchev–Trinajstić information content (AvgIpc) is 2.72. The lowest BCUT2D eigenvalue weighted by atomic mass is 10.1. The normalized spacial score (nSPS) is 12.9.